The first kappa shape index (κ1) is 17.7. The van der Waals surface area contributed by atoms with Crippen molar-refractivity contribution in [3.8, 4) is 0 Å². The first-order valence-corrected chi connectivity index (χ1v) is 7.92. The van der Waals surface area contributed by atoms with Crippen molar-refractivity contribution in [2.75, 3.05) is 6.54 Å². The van der Waals surface area contributed by atoms with Gasteiger partial charge in [-0.2, -0.15) is 0 Å². The van der Waals surface area contributed by atoms with E-state index in [1.165, 1.54) is 0 Å². The predicted molar refractivity (Wildman–Crippen MR) is 85.8 cm³/mol. The molecule has 1 aliphatic heterocycles. The number of hydrogen-bond donors (Lipinski definition) is 4. The first-order valence-electron chi connectivity index (χ1n) is 7.92. The third kappa shape index (κ3) is 4.43. The van der Waals surface area contributed by atoms with Crippen LogP contribution in [0.5, 0.6) is 0 Å². The van der Waals surface area contributed by atoms with Gasteiger partial charge in [-0.3, -0.25) is 19.2 Å². The molecule has 130 valence electrons. The normalized spacial score (nSPS) is 18.9. The average Bonchev–Trinajstić information content (AvgIpc) is 3.02. The van der Waals surface area contributed by atoms with E-state index in [1.54, 1.807) is 32.2 Å². The topological polar surface area (TPSA) is 120 Å². The Kier molecular flexibility index (Phi) is 5.73. The van der Waals surface area contributed by atoms with Gasteiger partial charge in [0.1, 0.15) is 6.04 Å². The molecule has 0 bridgehead atoms. The number of carbonyl (C=O) groups is 4. The van der Waals surface area contributed by atoms with Crippen LogP contribution in [0.15, 0.2) is 18.3 Å². The molecule has 4 N–H and O–H groups in total. The Bertz CT molecular complexity index is 624. The maximum absolute atomic E-state index is 12.4. The molecule has 1 aromatic heterocycles. The number of nitrogens with one attached hydrogen (secondary N) is 4. The van der Waals surface area contributed by atoms with Crippen molar-refractivity contribution in [1.29, 1.82) is 0 Å². The van der Waals surface area contributed by atoms with Gasteiger partial charge in [-0.15, -0.1) is 0 Å². The highest BCUT2D eigenvalue weighted by Gasteiger charge is 2.33. The van der Waals surface area contributed by atoms with Gasteiger partial charge in [0.25, 0.3) is 5.91 Å². The molecule has 2 heterocycles. The smallest absolute Gasteiger partial charge is 0.289 e. The summed E-state index contributed by atoms with van der Waals surface area (Å²) in [6, 6.07) is 1.95. The second kappa shape index (κ2) is 7.76. The van der Waals surface area contributed by atoms with Crippen LogP contribution in [0.2, 0.25) is 0 Å². The zero-order chi connectivity index (χ0) is 17.7. The fraction of sp³-hybridized carbons (Fsp3) is 0.500. The van der Waals surface area contributed by atoms with Gasteiger partial charge in [-0.25, -0.2) is 0 Å². The lowest BCUT2D eigenvalue weighted by Gasteiger charge is -2.26. The summed E-state index contributed by atoms with van der Waals surface area (Å²) in [6.07, 6.45) is 2.20. The maximum atomic E-state index is 12.4. The van der Waals surface area contributed by atoms with Crippen LogP contribution in [0, 0.1) is 5.92 Å². The van der Waals surface area contributed by atoms with E-state index in [1.807, 2.05) is 0 Å². The highest BCUT2D eigenvalue weighted by Crippen LogP contribution is 2.06. The van der Waals surface area contributed by atoms with Gasteiger partial charge in [0.15, 0.2) is 0 Å². The quantitative estimate of drug-likeness (QED) is 0.513. The van der Waals surface area contributed by atoms with E-state index >= 15 is 0 Å². The standard InChI is InChI=1S/C16H22N4O4/c1-9(2)13(20-12(21)8-10-4-3-6-17-10)15(23)19-11-5-7-18-16(24)14(11)22/h3-4,6,9,11,13,17H,5,7-8H2,1-2H3,(H,18,24)(H,19,23)(H,20,21). The summed E-state index contributed by atoms with van der Waals surface area (Å²) in [5.74, 6) is -2.26. The molecule has 2 rings (SSSR count). The first-order chi connectivity index (χ1) is 11.4. The third-order valence-electron chi connectivity index (χ3n) is 3.85. The summed E-state index contributed by atoms with van der Waals surface area (Å²) in [4.78, 5) is 50.6. The Labute approximate surface area is 139 Å². The van der Waals surface area contributed by atoms with Crippen LogP contribution in [0.25, 0.3) is 0 Å². The molecular formula is C16H22N4O4. The fourth-order valence-electron chi connectivity index (χ4n) is 2.52. The van der Waals surface area contributed by atoms with Crippen molar-refractivity contribution in [1.82, 2.24) is 20.9 Å². The van der Waals surface area contributed by atoms with Crippen LogP contribution in [-0.2, 0) is 25.6 Å². The van der Waals surface area contributed by atoms with E-state index in [0.717, 1.165) is 5.69 Å². The third-order valence-corrected chi connectivity index (χ3v) is 3.85. The number of amides is 3. The fourth-order valence-corrected chi connectivity index (χ4v) is 2.52. The second-order valence-electron chi connectivity index (χ2n) is 6.13. The molecule has 3 amide bonds. The van der Waals surface area contributed by atoms with Crippen LogP contribution in [0.3, 0.4) is 0 Å². The van der Waals surface area contributed by atoms with Crippen LogP contribution < -0.4 is 16.0 Å². The van der Waals surface area contributed by atoms with E-state index in [-0.39, 0.29) is 18.2 Å². The van der Waals surface area contributed by atoms with Crippen molar-refractivity contribution >= 4 is 23.5 Å². The predicted octanol–water partition coefficient (Wildman–Crippen LogP) is -0.728. The monoisotopic (exact) mass is 334 g/mol. The van der Waals surface area contributed by atoms with Gasteiger partial charge in [0.2, 0.25) is 17.6 Å². The SMILES string of the molecule is CC(C)C(NC(=O)Cc1ccc[nH]1)C(=O)NC1CCNC(=O)C1=O. The van der Waals surface area contributed by atoms with Gasteiger partial charge < -0.3 is 20.9 Å². The highest BCUT2D eigenvalue weighted by atomic mass is 16.2. The molecule has 1 aromatic rings. The number of piperidine rings is 1. The van der Waals surface area contributed by atoms with E-state index in [0.29, 0.717) is 13.0 Å². The molecule has 0 radical (unpaired) electrons. The molecule has 8 heteroatoms. The zero-order valence-corrected chi connectivity index (χ0v) is 13.7. The molecule has 1 fully saturated rings. The second-order valence-corrected chi connectivity index (χ2v) is 6.13. The van der Waals surface area contributed by atoms with Crippen molar-refractivity contribution in [2.24, 2.45) is 5.92 Å². The van der Waals surface area contributed by atoms with Crippen LogP contribution in [0.4, 0.5) is 0 Å². The lowest BCUT2D eigenvalue weighted by Crippen LogP contribution is -2.58. The molecule has 0 aliphatic carbocycles. The van der Waals surface area contributed by atoms with Gasteiger partial charge in [-0.1, -0.05) is 13.8 Å². The number of H-pyrrole nitrogens is 1. The lowest BCUT2D eigenvalue weighted by molar-refractivity contribution is -0.142. The number of aromatic nitrogens is 1. The summed E-state index contributed by atoms with van der Waals surface area (Å²) in [5.41, 5.74) is 0.745. The molecule has 0 spiro atoms. The molecule has 1 saturated heterocycles. The Morgan fingerprint density at radius 2 is 2.08 bits per heavy atom. The average molecular weight is 334 g/mol. The van der Waals surface area contributed by atoms with E-state index < -0.39 is 29.7 Å². The molecule has 2 unspecified atom stereocenters. The van der Waals surface area contributed by atoms with Crippen LogP contribution in [0.1, 0.15) is 26.0 Å². The van der Waals surface area contributed by atoms with Gasteiger partial charge in [0.05, 0.1) is 12.5 Å². The largest absolute Gasteiger partial charge is 0.365 e. The molecule has 0 aromatic carbocycles. The van der Waals surface area contributed by atoms with Gasteiger partial charge in [-0.05, 0) is 24.5 Å². The van der Waals surface area contributed by atoms with E-state index in [2.05, 4.69) is 20.9 Å². The summed E-state index contributed by atoms with van der Waals surface area (Å²) >= 11 is 0. The number of hydrogen-bond acceptors (Lipinski definition) is 4. The number of Topliss-reactive ketones (excluding diaryl/α,β-unsaturated/α-hetero) is 1. The van der Waals surface area contributed by atoms with Crippen molar-refractivity contribution in [3.63, 3.8) is 0 Å². The summed E-state index contributed by atoms with van der Waals surface area (Å²) < 4.78 is 0. The Hall–Kier alpha value is -2.64. The van der Waals surface area contributed by atoms with Crippen LogP contribution >= 0.6 is 0 Å². The Balaban J connectivity index is 1.96. The Morgan fingerprint density at radius 3 is 2.71 bits per heavy atom. The number of rotatable bonds is 6. The zero-order valence-electron chi connectivity index (χ0n) is 13.7. The molecule has 1 aliphatic rings. The maximum Gasteiger partial charge on any atom is 0.289 e. The summed E-state index contributed by atoms with van der Waals surface area (Å²) in [5, 5.41) is 7.69. The minimum absolute atomic E-state index is 0.133. The minimum atomic E-state index is -0.840. The molecule has 8 nitrogen and oxygen atoms in total. The minimum Gasteiger partial charge on any atom is -0.365 e. The molecule has 24 heavy (non-hydrogen) atoms. The number of ketones is 1. The Morgan fingerprint density at radius 1 is 1.33 bits per heavy atom. The van der Waals surface area contributed by atoms with E-state index in [9.17, 15) is 19.2 Å². The van der Waals surface area contributed by atoms with Crippen LogP contribution in [-0.4, -0.2) is 47.1 Å². The van der Waals surface area contributed by atoms with E-state index in [4.69, 9.17) is 0 Å². The lowest BCUT2D eigenvalue weighted by atomic mass is 10.00. The van der Waals surface area contributed by atoms with Crippen molar-refractivity contribution in [3.05, 3.63) is 24.0 Å². The highest BCUT2D eigenvalue weighted by molar-refractivity contribution is 6.39. The van der Waals surface area contributed by atoms with Gasteiger partial charge in [0, 0.05) is 18.4 Å². The molecule has 2 atom stereocenters. The number of carbonyl (C=O) groups excluding carboxylic acids is 4. The number of aromatic amines is 1. The molecular weight excluding hydrogens is 312 g/mol. The summed E-state index contributed by atoms with van der Waals surface area (Å²) in [6.45, 7) is 3.93. The van der Waals surface area contributed by atoms with Crippen molar-refractivity contribution in [2.45, 2.75) is 38.8 Å². The summed E-state index contributed by atoms with van der Waals surface area (Å²) in [7, 11) is 0. The van der Waals surface area contributed by atoms with Gasteiger partial charge >= 0.3 is 0 Å². The molecule has 0 saturated carbocycles. The van der Waals surface area contributed by atoms with Crippen molar-refractivity contribution < 1.29 is 19.2 Å².